The third kappa shape index (κ3) is 0.856. The van der Waals surface area contributed by atoms with Crippen LogP contribution in [0.5, 0.6) is 0 Å². The molecule has 0 aromatic carbocycles. The van der Waals surface area contributed by atoms with Crippen molar-refractivity contribution in [3.63, 3.8) is 0 Å². The van der Waals surface area contributed by atoms with Gasteiger partial charge in [-0.15, -0.1) is 0 Å². The fraction of sp³-hybridized carbons (Fsp3) is 0.375. The van der Waals surface area contributed by atoms with Crippen LogP contribution in [0.3, 0.4) is 0 Å². The molecule has 2 nitrogen and oxygen atoms in total. The second kappa shape index (κ2) is 2.29. The monoisotopic (exact) mass is 137 g/mol. The van der Waals surface area contributed by atoms with E-state index in [1.807, 2.05) is 26.0 Å². The van der Waals surface area contributed by atoms with E-state index in [4.69, 9.17) is 0 Å². The molecule has 1 heterocycles. The normalized spacial score (nSPS) is 22.3. The van der Waals surface area contributed by atoms with Gasteiger partial charge in [0.2, 0.25) is 0 Å². The molecule has 54 valence electrons. The standard InChI is InChI=1S/C8H11NO/c1-4-7-5-6(2)8(10)9(7)3/h4-5H,1-3H3/b7-4+. The van der Waals surface area contributed by atoms with E-state index in [0.29, 0.717) is 0 Å². The summed E-state index contributed by atoms with van der Waals surface area (Å²) in [5, 5.41) is 0. The maximum atomic E-state index is 11.1. The van der Waals surface area contributed by atoms with Crippen molar-refractivity contribution in [2.75, 3.05) is 7.05 Å². The number of carbonyl (C=O) groups is 1. The van der Waals surface area contributed by atoms with Gasteiger partial charge in [-0.2, -0.15) is 0 Å². The SMILES string of the molecule is C/C=C1\C=C(C)C(=O)N1C. The molecule has 1 aliphatic heterocycles. The topological polar surface area (TPSA) is 20.3 Å². The minimum Gasteiger partial charge on any atom is -0.312 e. The lowest BCUT2D eigenvalue weighted by Crippen LogP contribution is -2.19. The van der Waals surface area contributed by atoms with Crippen LogP contribution in [-0.2, 0) is 4.79 Å². The summed E-state index contributed by atoms with van der Waals surface area (Å²) in [6.07, 6.45) is 3.82. The number of hydrogen-bond donors (Lipinski definition) is 0. The summed E-state index contributed by atoms with van der Waals surface area (Å²) in [5.41, 5.74) is 1.80. The van der Waals surface area contributed by atoms with E-state index < -0.39 is 0 Å². The van der Waals surface area contributed by atoms with Crippen molar-refractivity contribution in [2.24, 2.45) is 0 Å². The zero-order valence-corrected chi connectivity index (χ0v) is 6.51. The highest BCUT2D eigenvalue weighted by molar-refractivity contribution is 5.97. The molecule has 0 aliphatic carbocycles. The van der Waals surface area contributed by atoms with Crippen LogP contribution in [0.15, 0.2) is 23.4 Å². The molecule has 1 amide bonds. The Kier molecular flexibility index (Phi) is 1.62. The Morgan fingerprint density at radius 3 is 2.40 bits per heavy atom. The van der Waals surface area contributed by atoms with Gasteiger partial charge in [-0.05, 0) is 19.9 Å². The first-order valence-corrected chi connectivity index (χ1v) is 3.29. The van der Waals surface area contributed by atoms with Crippen molar-refractivity contribution in [3.8, 4) is 0 Å². The maximum absolute atomic E-state index is 11.1. The summed E-state index contributed by atoms with van der Waals surface area (Å²) in [4.78, 5) is 12.7. The Morgan fingerprint density at radius 1 is 1.60 bits per heavy atom. The molecule has 2 heteroatoms. The maximum Gasteiger partial charge on any atom is 0.253 e. The molecule has 0 aromatic heterocycles. The molecule has 0 radical (unpaired) electrons. The van der Waals surface area contributed by atoms with Gasteiger partial charge < -0.3 is 4.90 Å². The summed E-state index contributed by atoms with van der Waals surface area (Å²) in [7, 11) is 1.78. The Hall–Kier alpha value is -1.05. The predicted octanol–water partition coefficient (Wildman–Crippen LogP) is 1.31. The molecule has 0 atom stereocenters. The second-order valence-electron chi connectivity index (χ2n) is 2.41. The first kappa shape index (κ1) is 7.06. The zero-order chi connectivity index (χ0) is 7.72. The summed E-state index contributed by atoms with van der Waals surface area (Å²) in [6.45, 7) is 3.75. The van der Waals surface area contributed by atoms with Crippen LogP contribution in [0.25, 0.3) is 0 Å². The minimum absolute atomic E-state index is 0.105. The number of likely N-dealkylation sites (N-methyl/N-ethyl adjacent to an activating group) is 1. The minimum atomic E-state index is 0.105. The number of hydrogen-bond acceptors (Lipinski definition) is 1. The Bertz CT molecular complexity index is 225. The summed E-state index contributed by atoms with van der Waals surface area (Å²) in [5.74, 6) is 0.105. The lowest BCUT2D eigenvalue weighted by atomic mass is 10.3. The molecule has 0 saturated carbocycles. The first-order chi connectivity index (χ1) is 4.66. The van der Waals surface area contributed by atoms with E-state index in [0.717, 1.165) is 11.3 Å². The van der Waals surface area contributed by atoms with Gasteiger partial charge in [0, 0.05) is 18.3 Å². The summed E-state index contributed by atoms with van der Waals surface area (Å²) in [6, 6.07) is 0. The molecule has 0 bridgehead atoms. The van der Waals surface area contributed by atoms with Crippen LogP contribution < -0.4 is 0 Å². The van der Waals surface area contributed by atoms with E-state index in [-0.39, 0.29) is 5.91 Å². The van der Waals surface area contributed by atoms with Gasteiger partial charge in [-0.25, -0.2) is 0 Å². The number of allylic oxidation sites excluding steroid dienone is 2. The van der Waals surface area contributed by atoms with E-state index in [2.05, 4.69) is 0 Å². The van der Waals surface area contributed by atoms with Crippen LogP contribution >= 0.6 is 0 Å². The molecule has 0 aromatic rings. The molecule has 0 unspecified atom stereocenters. The van der Waals surface area contributed by atoms with Crippen LogP contribution in [0.1, 0.15) is 13.8 Å². The van der Waals surface area contributed by atoms with Gasteiger partial charge in [0.1, 0.15) is 0 Å². The fourth-order valence-corrected chi connectivity index (χ4v) is 1.04. The molecule has 0 N–H and O–H groups in total. The van der Waals surface area contributed by atoms with Crippen LogP contribution in [0.2, 0.25) is 0 Å². The van der Waals surface area contributed by atoms with Crippen molar-refractivity contribution < 1.29 is 4.79 Å². The van der Waals surface area contributed by atoms with Crippen molar-refractivity contribution >= 4 is 5.91 Å². The largest absolute Gasteiger partial charge is 0.312 e. The summed E-state index contributed by atoms with van der Waals surface area (Å²) < 4.78 is 0. The number of nitrogens with zero attached hydrogens (tertiary/aromatic N) is 1. The van der Waals surface area contributed by atoms with E-state index in [1.165, 1.54) is 0 Å². The highest BCUT2D eigenvalue weighted by Gasteiger charge is 2.19. The second-order valence-corrected chi connectivity index (χ2v) is 2.41. The fourth-order valence-electron chi connectivity index (χ4n) is 1.04. The lowest BCUT2D eigenvalue weighted by molar-refractivity contribution is -0.123. The van der Waals surface area contributed by atoms with E-state index in [9.17, 15) is 4.79 Å². The predicted molar refractivity (Wildman–Crippen MR) is 40.3 cm³/mol. The highest BCUT2D eigenvalue weighted by Crippen LogP contribution is 2.17. The van der Waals surface area contributed by atoms with E-state index in [1.54, 1.807) is 11.9 Å². The molecule has 0 saturated heterocycles. The van der Waals surface area contributed by atoms with Gasteiger partial charge in [0.05, 0.1) is 0 Å². The van der Waals surface area contributed by atoms with Gasteiger partial charge in [0.15, 0.2) is 0 Å². The zero-order valence-electron chi connectivity index (χ0n) is 6.51. The number of carbonyl (C=O) groups excluding carboxylic acids is 1. The van der Waals surface area contributed by atoms with Crippen molar-refractivity contribution in [2.45, 2.75) is 13.8 Å². The Balaban J connectivity index is 2.98. The summed E-state index contributed by atoms with van der Waals surface area (Å²) >= 11 is 0. The Labute approximate surface area is 60.8 Å². The van der Waals surface area contributed by atoms with Gasteiger partial charge in [-0.3, -0.25) is 4.79 Å². The highest BCUT2D eigenvalue weighted by atomic mass is 16.2. The average Bonchev–Trinajstić information content (AvgIpc) is 2.17. The van der Waals surface area contributed by atoms with Gasteiger partial charge in [0.25, 0.3) is 5.91 Å². The Morgan fingerprint density at radius 2 is 2.20 bits per heavy atom. The van der Waals surface area contributed by atoms with Crippen LogP contribution in [0, 0.1) is 0 Å². The molecule has 1 aliphatic rings. The lowest BCUT2D eigenvalue weighted by Gasteiger charge is -2.09. The number of rotatable bonds is 0. The molecular weight excluding hydrogens is 126 g/mol. The van der Waals surface area contributed by atoms with E-state index >= 15 is 0 Å². The van der Waals surface area contributed by atoms with Gasteiger partial charge >= 0.3 is 0 Å². The van der Waals surface area contributed by atoms with Crippen LogP contribution in [-0.4, -0.2) is 17.9 Å². The molecule has 0 spiro atoms. The average molecular weight is 137 g/mol. The van der Waals surface area contributed by atoms with Crippen LogP contribution in [0.4, 0.5) is 0 Å². The van der Waals surface area contributed by atoms with Crippen molar-refractivity contribution in [1.82, 2.24) is 4.90 Å². The van der Waals surface area contributed by atoms with Crippen molar-refractivity contribution in [1.29, 1.82) is 0 Å². The molecular formula is C8H11NO. The quantitative estimate of drug-likeness (QED) is 0.493. The molecule has 1 rings (SSSR count). The number of amides is 1. The first-order valence-electron chi connectivity index (χ1n) is 3.29. The van der Waals surface area contributed by atoms with Gasteiger partial charge in [-0.1, -0.05) is 6.08 Å². The smallest absolute Gasteiger partial charge is 0.253 e. The molecule has 0 fully saturated rings. The third-order valence-electron chi connectivity index (χ3n) is 1.69. The third-order valence-corrected chi connectivity index (χ3v) is 1.69. The van der Waals surface area contributed by atoms with Crippen molar-refractivity contribution in [3.05, 3.63) is 23.4 Å². The molecule has 10 heavy (non-hydrogen) atoms.